The average molecular weight is 212 g/mol. The zero-order valence-corrected chi connectivity index (χ0v) is 9.56. The van der Waals surface area contributed by atoms with E-state index >= 15 is 0 Å². The molecule has 5 heteroatoms. The minimum absolute atomic E-state index is 0.256. The van der Waals surface area contributed by atoms with Gasteiger partial charge in [0.25, 0.3) is 0 Å². The molecule has 0 saturated carbocycles. The third-order valence-electron chi connectivity index (χ3n) is 1.51. The Labute approximate surface area is 88.7 Å². The Morgan fingerprint density at radius 1 is 1.36 bits per heavy atom. The predicted octanol–water partition coefficient (Wildman–Crippen LogP) is 1.79. The van der Waals surface area contributed by atoms with Crippen molar-refractivity contribution in [2.24, 2.45) is 5.84 Å². The normalized spacial score (nSPS) is 11.4. The molecule has 0 aliphatic carbocycles. The number of nitrogens with zero attached hydrogens (tertiary/aromatic N) is 2. The summed E-state index contributed by atoms with van der Waals surface area (Å²) in [6.07, 6.45) is 3.38. The van der Waals surface area contributed by atoms with Crippen LogP contribution in [0.5, 0.6) is 0 Å². The maximum Gasteiger partial charge on any atom is 0.158 e. The van der Waals surface area contributed by atoms with Crippen molar-refractivity contribution in [2.45, 2.75) is 31.3 Å². The molecule has 0 aliphatic rings. The number of anilines is 1. The van der Waals surface area contributed by atoms with Crippen LogP contribution in [0.25, 0.3) is 0 Å². The van der Waals surface area contributed by atoms with Gasteiger partial charge in [-0.2, -0.15) is 0 Å². The van der Waals surface area contributed by atoms with Crippen LogP contribution in [0.3, 0.4) is 0 Å². The number of rotatable bonds is 3. The van der Waals surface area contributed by atoms with Gasteiger partial charge in [-0.3, -0.25) is 4.98 Å². The fourth-order valence-corrected chi connectivity index (χ4v) is 1.52. The molecule has 0 aliphatic heterocycles. The van der Waals surface area contributed by atoms with E-state index in [2.05, 4.69) is 36.2 Å². The summed E-state index contributed by atoms with van der Waals surface area (Å²) < 4.78 is 0.256. The molecule has 0 atom stereocenters. The Morgan fingerprint density at radius 3 is 2.50 bits per heavy atom. The lowest BCUT2D eigenvalue weighted by Crippen LogP contribution is -2.10. The molecule has 0 fully saturated rings. The Bertz CT molecular complexity index is 278. The molecule has 78 valence electrons. The smallest absolute Gasteiger partial charge is 0.158 e. The van der Waals surface area contributed by atoms with E-state index in [4.69, 9.17) is 5.84 Å². The van der Waals surface area contributed by atoms with E-state index in [0.29, 0.717) is 5.82 Å². The van der Waals surface area contributed by atoms with E-state index < -0.39 is 0 Å². The number of thioether (sulfide) groups is 1. The van der Waals surface area contributed by atoms with E-state index in [1.54, 1.807) is 12.4 Å². The third-order valence-corrected chi connectivity index (χ3v) is 2.81. The minimum Gasteiger partial charge on any atom is -0.307 e. The molecule has 0 unspecified atom stereocenters. The molecule has 14 heavy (non-hydrogen) atoms. The molecule has 4 nitrogen and oxygen atoms in total. The molecule has 1 heterocycles. The molecule has 3 N–H and O–H groups in total. The summed E-state index contributed by atoms with van der Waals surface area (Å²) in [6.45, 7) is 6.54. The summed E-state index contributed by atoms with van der Waals surface area (Å²) in [7, 11) is 0. The van der Waals surface area contributed by atoms with Crippen LogP contribution in [0.4, 0.5) is 5.82 Å². The van der Waals surface area contributed by atoms with Gasteiger partial charge < -0.3 is 5.43 Å². The van der Waals surface area contributed by atoms with Gasteiger partial charge in [0.05, 0.1) is 18.1 Å². The Kier molecular flexibility index (Phi) is 3.71. The molecular weight excluding hydrogens is 196 g/mol. The zero-order chi connectivity index (χ0) is 10.6. The van der Waals surface area contributed by atoms with Gasteiger partial charge in [-0.25, -0.2) is 10.8 Å². The van der Waals surface area contributed by atoms with Gasteiger partial charge in [0.1, 0.15) is 0 Å². The first kappa shape index (κ1) is 11.3. The molecule has 1 aromatic rings. The summed E-state index contributed by atoms with van der Waals surface area (Å²) >= 11 is 1.85. The van der Waals surface area contributed by atoms with Gasteiger partial charge in [0, 0.05) is 10.5 Å². The number of nitrogens with one attached hydrogen (secondary N) is 1. The Balaban J connectivity index is 2.52. The van der Waals surface area contributed by atoms with Crippen LogP contribution in [-0.4, -0.2) is 14.7 Å². The number of aromatic nitrogens is 2. The van der Waals surface area contributed by atoms with Crippen LogP contribution in [0, 0.1) is 0 Å². The van der Waals surface area contributed by atoms with E-state index in [1.807, 2.05) is 11.8 Å². The van der Waals surface area contributed by atoms with Crippen molar-refractivity contribution in [3.05, 3.63) is 18.1 Å². The largest absolute Gasteiger partial charge is 0.307 e. The molecule has 0 bridgehead atoms. The molecule has 0 radical (unpaired) electrons. The number of hydrogen-bond acceptors (Lipinski definition) is 5. The standard InChI is InChI=1S/C9H16N4S/c1-9(2,3)14-6-7-4-12-8(13-10)5-11-7/h4-5H,6,10H2,1-3H3,(H,12,13). The lowest BCUT2D eigenvalue weighted by molar-refractivity contribution is 0.801. The summed E-state index contributed by atoms with van der Waals surface area (Å²) in [5, 5.41) is 0. The summed E-state index contributed by atoms with van der Waals surface area (Å²) in [5.41, 5.74) is 3.42. The first-order chi connectivity index (χ1) is 6.51. The molecule has 0 amide bonds. The van der Waals surface area contributed by atoms with Crippen molar-refractivity contribution in [3.63, 3.8) is 0 Å². The highest BCUT2D eigenvalue weighted by molar-refractivity contribution is 7.99. The van der Waals surface area contributed by atoms with Crippen molar-refractivity contribution < 1.29 is 0 Å². The van der Waals surface area contributed by atoms with Crippen molar-refractivity contribution in [1.82, 2.24) is 9.97 Å². The first-order valence-corrected chi connectivity index (χ1v) is 5.41. The SMILES string of the molecule is CC(C)(C)SCc1cnc(NN)cn1. The van der Waals surface area contributed by atoms with Crippen LogP contribution in [-0.2, 0) is 5.75 Å². The van der Waals surface area contributed by atoms with Crippen molar-refractivity contribution >= 4 is 17.6 Å². The molecule has 0 aromatic carbocycles. The molecule has 1 rings (SSSR count). The Morgan fingerprint density at radius 2 is 2.07 bits per heavy atom. The van der Waals surface area contributed by atoms with Gasteiger partial charge in [0.15, 0.2) is 5.82 Å². The van der Waals surface area contributed by atoms with E-state index in [1.165, 1.54) is 0 Å². The second-order valence-electron chi connectivity index (χ2n) is 3.94. The summed E-state index contributed by atoms with van der Waals surface area (Å²) in [5.74, 6) is 6.65. The van der Waals surface area contributed by atoms with Gasteiger partial charge in [-0.15, -0.1) is 11.8 Å². The fraction of sp³-hybridized carbons (Fsp3) is 0.556. The maximum atomic E-state index is 5.19. The van der Waals surface area contributed by atoms with E-state index in [-0.39, 0.29) is 4.75 Å². The Hall–Kier alpha value is -0.810. The minimum atomic E-state index is 0.256. The first-order valence-electron chi connectivity index (χ1n) is 4.43. The molecule has 1 aromatic heterocycles. The second kappa shape index (κ2) is 4.61. The van der Waals surface area contributed by atoms with Gasteiger partial charge in [-0.1, -0.05) is 20.8 Å². The van der Waals surface area contributed by atoms with E-state index in [0.717, 1.165) is 11.4 Å². The molecule has 0 saturated heterocycles. The number of hydrazine groups is 1. The number of nitrogen functional groups attached to an aromatic ring is 1. The molecular formula is C9H16N4S. The topological polar surface area (TPSA) is 63.8 Å². The van der Waals surface area contributed by atoms with E-state index in [9.17, 15) is 0 Å². The third kappa shape index (κ3) is 3.93. The van der Waals surface area contributed by atoms with Gasteiger partial charge in [-0.05, 0) is 0 Å². The van der Waals surface area contributed by atoms with Crippen LogP contribution < -0.4 is 11.3 Å². The van der Waals surface area contributed by atoms with Crippen LogP contribution in [0.2, 0.25) is 0 Å². The number of hydrogen-bond donors (Lipinski definition) is 2. The molecule has 0 spiro atoms. The monoisotopic (exact) mass is 212 g/mol. The quantitative estimate of drug-likeness (QED) is 0.591. The number of nitrogens with two attached hydrogens (primary N) is 1. The van der Waals surface area contributed by atoms with Crippen molar-refractivity contribution in [3.8, 4) is 0 Å². The average Bonchev–Trinajstić information content (AvgIpc) is 2.14. The highest BCUT2D eigenvalue weighted by atomic mass is 32.2. The lowest BCUT2D eigenvalue weighted by Gasteiger charge is -2.16. The predicted molar refractivity (Wildman–Crippen MR) is 60.9 cm³/mol. The van der Waals surface area contributed by atoms with Crippen LogP contribution in [0.15, 0.2) is 12.4 Å². The summed E-state index contributed by atoms with van der Waals surface area (Å²) in [6, 6.07) is 0. The van der Waals surface area contributed by atoms with Gasteiger partial charge in [0.2, 0.25) is 0 Å². The zero-order valence-electron chi connectivity index (χ0n) is 8.74. The van der Waals surface area contributed by atoms with Gasteiger partial charge >= 0.3 is 0 Å². The second-order valence-corrected chi connectivity index (χ2v) is 5.74. The van der Waals surface area contributed by atoms with Crippen molar-refractivity contribution in [1.29, 1.82) is 0 Å². The van der Waals surface area contributed by atoms with Crippen LogP contribution >= 0.6 is 11.8 Å². The highest BCUT2D eigenvalue weighted by Crippen LogP contribution is 2.26. The maximum absolute atomic E-state index is 5.19. The van der Waals surface area contributed by atoms with Crippen LogP contribution in [0.1, 0.15) is 26.5 Å². The fourth-order valence-electron chi connectivity index (χ4n) is 0.794. The summed E-state index contributed by atoms with van der Waals surface area (Å²) in [4.78, 5) is 8.31. The van der Waals surface area contributed by atoms with Crippen molar-refractivity contribution in [2.75, 3.05) is 5.43 Å². The highest BCUT2D eigenvalue weighted by Gasteiger charge is 2.10. The lowest BCUT2D eigenvalue weighted by atomic mass is 10.3.